The molecule has 1 N–H and O–H groups in total. The van der Waals surface area contributed by atoms with E-state index in [2.05, 4.69) is 17.0 Å². The topological polar surface area (TPSA) is 55.4 Å². The fraction of sp³-hybridized carbons (Fsp3) is 0.704. The number of carbonyl (C=O) groups is 2. The summed E-state index contributed by atoms with van der Waals surface area (Å²) in [7, 11) is 1.27. The molecule has 0 unspecified atom stereocenters. The molecule has 1 aromatic carbocycles. The van der Waals surface area contributed by atoms with E-state index >= 15 is 0 Å². The molecule has 32 heavy (non-hydrogen) atoms. The zero-order valence-electron chi connectivity index (χ0n) is 20.4. The maximum Gasteiger partial charge on any atom is 0.305 e. The standard InChI is InChI=1S/C27H44FNO3/c1-3-4-5-6-7-8-9-10-11-12-13-14-15-16-21-29-23-17-18-24(25(28)22-23)26(30)19-20-27(31)32-2/h17-18,22,29H,3-16,19-21H2,1-2H3. The molecule has 0 aromatic heterocycles. The molecule has 0 bridgehead atoms. The molecule has 0 saturated heterocycles. The molecular weight excluding hydrogens is 405 g/mol. The fourth-order valence-electron chi connectivity index (χ4n) is 3.86. The molecule has 0 aliphatic carbocycles. The normalized spacial score (nSPS) is 10.8. The summed E-state index contributed by atoms with van der Waals surface area (Å²) in [4.78, 5) is 23.2. The van der Waals surface area contributed by atoms with Crippen LogP contribution in [-0.2, 0) is 9.53 Å². The zero-order valence-corrected chi connectivity index (χ0v) is 20.4. The molecule has 0 heterocycles. The lowest BCUT2D eigenvalue weighted by Gasteiger charge is -2.09. The number of carbonyl (C=O) groups excluding carboxylic acids is 2. The quantitative estimate of drug-likeness (QED) is 0.125. The van der Waals surface area contributed by atoms with Crippen LogP contribution in [0.15, 0.2) is 18.2 Å². The Hall–Kier alpha value is -1.91. The first-order valence-electron chi connectivity index (χ1n) is 12.7. The Kier molecular flexibility index (Phi) is 16.4. The molecule has 1 rings (SSSR count). The number of Topliss-reactive ketones (excluding diaryl/α,β-unsaturated/α-hetero) is 1. The Morgan fingerprint density at radius 1 is 0.812 bits per heavy atom. The van der Waals surface area contributed by atoms with Crippen LogP contribution in [0.4, 0.5) is 10.1 Å². The molecule has 0 amide bonds. The monoisotopic (exact) mass is 449 g/mol. The van der Waals surface area contributed by atoms with Crippen molar-refractivity contribution in [3.63, 3.8) is 0 Å². The predicted octanol–water partition coefficient (Wildman–Crippen LogP) is 7.85. The van der Waals surface area contributed by atoms with Crippen molar-refractivity contribution in [3.8, 4) is 0 Å². The summed E-state index contributed by atoms with van der Waals surface area (Å²) in [6.07, 6.45) is 18.5. The maximum atomic E-state index is 14.2. The number of nitrogens with one attached hydrogen (secondary N) is 1. The van der Waals surface area contributed by atoms with Crippen LogP contribution in [0.2, 0.25) is 0 Å². The van der Waals surface area contributed by atoms with Gasteiger partial charge in [-0.3, -0.25) is 9.59 Å². The van der Waals surface area contributed by atoms with E-state index in [-0.39, 0.29) is 24.2 Å². The molecule has 0 spiro atoms. The van der Waals surface area contributed by atoms with Gasteiger partial charge in [0.15, 0.2) is 5.78 Å². The van der Waals surface area contributed by atoms with Gasteiger partial charge in [-0.15, -0.1) is 0 Å². The van der Waals surface area contributed by atoms with Crippen molar-refractivity contribution in [1.29, 1.82) is 0 Å². The lowest BCUT2D eigenvalue weighted by molar-refractivity contribution is -0.140. The second-order valence-electron chi connectivity index (χ2n) is 8.72. The number of esters is 1. The van der Waals surface area contributed by atoms with Gasteiger partial charge in [-0.2, -0.15) is 0 Å². The smallest absolute Gasteiger partial charge is 0.305 e. The van der Waals surface area contributed by atoms with Gasteiger partial charge in [-0.05, 0) is 24.6 Å². The molecule has 5 heteroatoms. The van der Waals surface area contributed by atoms with E-state index in [1.54, 1.807) is 6.07 Å². The van der Waals surface area contributed by atoms with E-state index in [1.807, 2.05) is 0 Å². The predicted molar refractivity (Wildman–Crippen MR) is 131 cm³/mol. The van der Waals surface area contributed by atoms with Gasteiger partial charge in [0.2, 0.25) is 0 Å². The van der Waals surface area contributed by atoms with Crippen molar-refractivity contribution >= 4 is 17.4 Å². The summed E-state index contributed by atoms with van der Waals surface area (Å²) in [6.45, 7) is 3.06. The Morgan fingerprint density at radius 3 is 1.84 bits per heavy atom. The highest BCUT2D eigenvalue weighted by atomic mass is 19.1. The van der Waals surface area contributed by atoms with Gasteiger partial charge in [0, 0.05) is 18.7 Å². The minimum absolute atomic E-state index is 0.0240. The molecule has 0 aliphatic heterocycles. The summed E-state index contributed by atoms with van der Waals surface area (Å²) >= 11 is 0. The van der Waals surface area contributed by atoms with Crippen LogP contribution in [0.25, 0.3) is 0 Å². The van der Waals surface area contributed by atoms with E-state index in [9.17, 15) is 14.0 Å². The Balaban J connectivity index is 2.03. The Bertz CT molecular complexity index is 648. The number of benzene rings is 1. The van der Waals surface area contributed by atoms with E-state index in [1.165, 1.54) is 103 Å². The van der Waals surface area contributed by atoms with E-state index in [0.29, 0.717) is 5.69 Å². The highest BCUT2D eigenvalue weighted by Gasteiger charge is 2.14. The van der Waals surface area contributed by atoms with Crippen molar-refractivity contribution in [3.05, 3.63) is 29.6 Å². The number of unbranched alkanes of at least 4 members (excludes halogenated alkanes) is 13. The number of anilines is 1. The number of ether oxygens (including phenoxy) is 1. The van der Waals surface area contributed by atoms with Crippen LogP contribution in [0.5, 0.6) is 0 Å². The minimum Gasteiger partial charge on any atom is -0.469 e. The summed E-state index contributed by atoms with van der Waals surface area (Å²) < 4.78 is 18.7. The van der Waals surface area contributed by atoms with E-state index in [0.717, 1.165) is 13.0 Å². The molecule has 4 nitrogen and oxygen atoms in total. The molecule has 0 fully saturated rings. The van der Waals surface area contributed by atoms with Gasteiger partial charge in [0.25, 0.3) is 0 Å². The van der Waals surface area contributed by atoms with Crippen molar-refractivity contribution in [1.82, 2.24) is 0 Å². The Labute approximate surface area is 194 Å². The van der Waals surface area contributed by atoms with Gasteiger partial charge in [-0.1, -0.05) is 90.4 Å². The zero-order chi connectivity index (χ0) is 23.4. The van der Waals surface area contributed by atoms with Gasteiger partial charge in [0.05, 0.1) is 19.1 Å². The highest BCUT2D eigenvalue weighted by molar-refractivity contribution is 5.98. The van der Waals surface area contributed by atoms with Gasteiger partial charge < -0.3 is 10.1 Å². The summed E-state index contributed by atoms with van der Waals surface area (Å²) in [5.41, 5.74) is 0.706. The number of methoxy groups -OCH3 is 1. The summed E-state index contributed by atoms with van der Waals surface area (Å²) in [6, 6.07) is 4.57. The third kappa shape index (κ3) is 13.5. The van der Waals surface area contributed by atoms with Gasteiger partial charge >= 0.3 is 5.97 Å². The van der Waals surface area contributed by atoms with Crippen LogP contribution >= 0.6 is 0 Å². The lowest BCUT2D eigenvalue weighted by Crippen LogP contribution is -2.08. The van der Waals surface area contributed by atoms with Crippen molar-refractivity contribution in [2.45, 2.75) is 110 Å². The first-order valence-corrected chi connectivity index (χ1v) is 12.7. The third-order valence-electron chi connectivity index (χ3n) is 5.91. The molecular formula is C27H44FNO3. The number of halogens is 1. The number of hydrogen-bond donors (Lipinski definition) is 1. The first-order chi connectivity index (χ1) is 15.6. The number of hydrogen-bond acceptors (Lipinski definition) is 4. The molecule has 0 saturated carbocycles. The van der Waals surface area contributed by atoms with Crippen LogP contribution in [-0.4, -0.2) is 25.4 Å². The largest absolute Gasteiger partial charge is 0.469 e. The van der Waals surface area contributed by atoms with Crippen molar-refractivity contribution < 1.29 is 18.7 Å². The number of rotatable bonds is 20. The molecule has 0 radical (unpaired) electrons. The highest BCUT2D eigenvalue weighted by Crippen LogP contribution is 2.18. The van der Waals surface area contributed by atoms with Crippen LogP contribution in [0, 0.1) is 5.82 Å². The summed E-state index contributed by atoms with van der Waals surface area (Å²) in [5, 5.41) is 3.23. The molecule has 182 valence electrons. The van der Waals surface area contributed by atoms with Gasteiger partial charge in [0.1, 0.15) is 5.82 Å². The van der Waals surface area contributed by atoms with Crippen molar-refractivity contribution in [2.24, 2.45) is 0 Å². The van der Waals surface area contributed by atoms with E-state index in [4.69, 9.17) is 0 Å². The second kappa shape index (κ2) is 18.6. The van der Waals surface area contributed by atoms with Crippen LogP contribution in [0.1, 0.15) is 120 Å². The van der Waals surface area contributed by atoms with Gasteiger partial charge in [-0.25, -0.2) is 4.39 Å². The fourth-order valence-corrected chi connectivity index (χ4v) is 3.86. The Morgan fingerprint density at radius 2 is 1.34 bits per heavy atom. The lowest BCUT2D eigenvalue weighted by atomic mass is 10.0. The first kappa shape index (κ1) is 28.1. The molecule has 1 aromatic rings. The SMILES string of the molecule is CCCCCCCCCCCCCCCCNc1ccc(C(=O)CCC(=O)OC)c(F)c1. The second-order valence-corrected chi connectivity index (χ2v) is 8.72. The van der Waals surface area contributed by atoms with Crippen molar-refractivity contribution in [2.75, 3.05) is 19.0 Å². The third-order valence-corrected chi connectivity index (χ3v) is 5.91. The average Bonchev–Trinajstić information content (AvgIpc) is 2.79. The maximum absolute atomic E-state index is 14.2. The van der Waals surface area contributed by atoms with Crippen LogP contribution < -0.4 is 5.32 Å². The molecule has 0 atom stereocenters. The average molecular weight is 450 g/mol. The molecule has 0 aliphatic rings. The summed E-state index contributed by atoms with van der Waals surface area (Å²) in [5.74, 6) is -1.40. The van der Waals surface area contributed by atoms with E-state index < -0.39 is 11.8 Å². The minimum atomic E-state index is -0.550. The number of ketones is 1. The van der Waals surface area contributed by atoms with Crippen LogP contribution in [0.3, 0.4) is 0 Å².